The van der Waals surface area contributed by atoms with Crippen LogP contribution in [0.15, 0.2) is 23.8 Å². The molecule has 1 heterocycles. The minimum Gasteiger partial charge on any atom is -0.321 e. The smallest absolute Gasteiger partial charge is 0.266 e. The van der Waals surface area contributed by atoms with Gasteiger partial charge in [0.05, 0.1) is 5.69 Å². The van der Waals surface area contributed by atoms with E-state index >= 15 is 0 Å². The minimum absolute atomic E-state index is 0.0512. The molecule has 0 saturated carbocycles. The van der Waals surface area contributed by atoms with Gasteiger partial charge in [-0.15, -0.1) is 0 Å². The number of aryl methyl sites for hydroxylation is 4. The lowest BCUT2D eigenvalue weighted by molar-refractivity contribution is -0.112. The third-order valence-electron chi connectivity index (χ3n) is 3.56. The lowest BCUT2D eigenvalue weighted by Crippen LogP contribution is -2.15. The Hall–Kier alpha value is -2.87. The van der Waals surface area contributed by atoms with Crippen LogP contribution in [0.5, 0.6) is 0 Å². The molecule has 0 spiro atoms. The van der Waals surface area contributed by atoms with Crippen LogP contribution >= 0.6 is 0 Å². The second kappa shape index (κ2) is 6.27. The van der Waals surface area contributed by atoms with Crippen molar-refractivity contribution >= 4 is 17.7 Å². The Balaban J connectivity index is 2.33. The molecule has 2 aromatic rings. The Morgan fingerprint density at radius 1 is 1.27 bits per heavy atom. The normalized spacial score (nSPS) is 11.1. The highest BCUT2D eigenvalue weighted by atomic mass is 16.1. The summed E-state index contributed by atoms with van der Waals surface area (Å²) in [6, 6.07) is 7.73. The number of benzene rings is 1. The first-order valence-corrected chi connectivity index (χ1v) is 6.95. The summed E-state index contributed by atoms with van der Waals surface area (Å²) in [6.07, 6.45) is 1.57. The van der Waals surface area contributed by atoms with Crippen LogP contribution in [-0.2, 0) is 4.79 Å². The molecule has 0 aliphatic heterocycles. The van der Waals surface area contributed by atoms with Crippen LogP contribution in [0.25, 0.3) is 6.08 Å². The second-order valence-corrected chi connectivity index (χ2v) is 5.24. The molecule has 0 bridgehead atoms. The molecule has 22 heavy (non-hydrogen) atoms. The van der Waals surface area contributed by atoms with Gasteiger partial charge < -0.3 is 5.32 Å². The highest BCUT2D eigenvalue weighted by Gasteiger charge is 2.14. The Bertz CT molecular complexity index is 754. The summed E-state index contributed by atoms with van der Waals surface area (Å²) in [5.41, 5.74) is 5.07. The van der Waals surface area contributed by atoms with Crippen molar-refractivity contribution in [1.82, 2.24) is 10.2 Å². The summed E-state index contributed by atoms with van der Waals surface area (Å²) in [5.74, 6) is -0.417. The number of carbonyl (C=O) groups excluding carboxylic acids is 1. The van der Waals surface area contributed by atoms with Gasteiger partial charge in [-0.05, 0) is 44.9 Å². The summed E-state index contributed by atoms with van der Waals surface area (Å²) < 4.78 is 0. The molecule has 5 nitrogen and oxygen atoms in total. The van der Waals surface area contributed by atoms with E-state index in [0.717, 1.165) is 33.8 Å². The number of nitrogens with one attached hydrogen (secondary N) is 2. The fourth-order valence-electron chi connectivity index (χ4n) is 2.26. The predicted octanol–water partition coefficient (Wildman–Crippen LogP) is 3.19. The number of para-hydroxylation sites is 1. The maximum atomic E-state index is 12.4. The van der Waals surface area contributed by atoms with Crippen molar-refractivity contribution in [3.05, 3.63) is 51.9 Å². The highest BCUT2D eigenvalue weighted by molar-refractivity contribution is 6.10. The lowest BCUT2D eigenvalue weighted by Gasteiger charge is -2.10. The van der Waals surface area contributed by atoms with Crippen LogP contribution in [0.1, 0.15) is 28.1 Å². The molecular formula is C17H18N4O. The zero-order valence-corrected chi connectivity index (χ0v) is 13.1. The summed E-state index contributed by atoms with van der Waals surface area (Å²) in [5, 5.41) is 19.0. The molecule has 5 heteroatoms. The standard InChI is InChI=1S/C17H18N4O/c1-10-6-5-7-11(2)16(10)19-17(22)14(9-18)8-15-12(3)20-21-13(15)4/h5-8H,1-4H3,(H,19,22)(H,20,21). The van der Waals surface area contributed by atoms with Crippen LogP contribution in [0.4, 0.5) is 5.69 Å². The second-order valence-electron chi connectivity index (χ2n) is 5.24. The fourth-order valence-corrected chi connectivity index (χ4v) is 2.26. The molecule has 0 aliphatic rings. The quantitative estimate of drug-likeness (QED) is 0.673. The first kappa shape index (κ1) is 15.5. The van der Waals surface area contributed by atoms with Crippen LogP contribution in [0, 0.1) is 39.0 Å². The van der Waals surface area contributed by atoms with E-state index in [0.29, 0.717) is 0 Å². The van der Waals surface area contributed by atoms with Crippen molar-refractivity contribution in [3.8, 4) is 6.07 Å². The van der Waals surface area contributed by atoms with Crippen molar-refractivity contribution in [1.29, 1.82) is 5.26 Å². The highest BCUT2D eigenvalue weighted by Crippen LogP contribution is 2.21. The molecule has 0 radical (unpaired) electrons. The van der Waals surface area contributed by atoms with E-state index in [2.05, 4.69) is 15.5 Å². The van der Waals surface area contributed by atoms with Gasteiger partial charge in [0.15, 0.2) is 0 Å². The van der Waals surface area contributed by atoms with Gasteiger partial charge in [0.1, 0.15) is 11.6 Å². The van der Waals surface area contributed by atoms with Crippen molar-refractivity contribution < 1.29 is 4.79 Å². The number of anilines is 1. The van der Waals surface area contributed by atoms with Crippen molar-refractivity contribution in [3.63, 3.8) is 0 Å². The van der Waals surface area contributed by atoms with Crippen LogP contribution in [0.2, 0.25) is 0 Å². The summed E-state index contributed by atoms with van der Waals surface area (Å²) in [4.78, 5) is 12.4. The first-order chi connectivity index (χ1) is 10.4. The predicted molar refractivity (Wildman–Crippen MR) is 86.2 cm³/mol. The number of hydrogen-bond donors (Lipinski definition) is 2. The van der Waals surface area contributed by atoms with Gasteiger partial charge in [-0.1, -0.05) is 18.2 Å². The Labute approximate surface area is 129 Å². The molecule has 2 rings (SSSR count). The van der Waals surface area contributed by atoms with E-state index in [9.17, 15) is 10.1 Å². The average Bonchev–Trinajstić information content (AvgIpc) is 2.79. The first-order valence-electron chi connectivity index (χ1n) is 6.95. The lowest BCUT2D eigenvalue weighted by atomic mass is 10.1. The van der Waals surface area contributed by atoms with E-state index in [4.69, 9.17) is 0 Å². The maximum Gasteiger partial charge on any atom is 0.266 e. The van der Waals surface area contributed by atoms with Gasteiger partial charge in [-0.3, -0.25) is 9.89 Å². The van der Waals surface area contributed by atoms with Gasteiger partial charge in [-0.25, -0.2) is 0 Å². The van der Waals surface area contributed by atoms with Crippen LogP contribution in [-0.4, -0.2) is 16.1 Å². The van der Waals surface area contributed by atoms with Gasteiger partial charge in [0, 0.05) is 16.9 Å². The summed E-state index contributed by atoms with van der Waals surface area (Å²) in [6.45, 7) is 7.52. The van der Waals surface area contributed by atoms with E-state index in [1.807, 2.05) is 52.0 Å². The largest absolute Gasteiger partial charge is 0.321 e. The van der Waals surface area contributed by atoms with Gasteiger partial charge >= 0.3 is 0 Å². The number of aromatic nitrogens is 2. The molecule has 1 amide bonds. The van der Waals surface area contributed by atoms with E-state index < -0.39 is 5.91 Å². The van der Waals surface area contributed by atoms with Gasteiger partial charge in [-0.2, -0.15) is 10.4 Å². The molecule has 0 atom stereocenters. The third kappa shape index (κ3) is 3.07. The minimum atomic E-state index is -0.417. The summed E-state index contributed by atoms with van der Waals surface area (Å²) in [7, 11) is 0. The molecule has 0 aliphatic carbocycles. The zero-order valence-electron chi connectivity index (χ0n) is 13.1. The average molecular weight is 294 g/mol. The number of aromatic amines is 1. The van der Waals surface area contributed by atoms with Crippen molar-refractivity contribution in [2.24, 2.45) is 0 Å². The molecule has 1 aromatic carbocycles. The zero-order chi connectivity index (χ0) is 16.3. The van der Waals surface area contributed by atoms with E-state index in [1.54, 1.807) is 6.08 Å². The molecule has 0 unspecified atom stereocenters. The molecule has 2 N–H and O–H groups in total. The number of hydrogen-bond acceptors (Lipinski definition) is 3. The summed E-state index contributed by atoms with van der Waals surface area (Å²) >= 11 is 0. The topological polar surface area (TPSA) is 81.6 Å². The number of H-pyrrole nitrogens is 1. The fraction of sp³-hybridized carbons (Fsp3) is 0.235. The van der Waals surface area contributed by atoms with Crippen LogP contribution < -0.4 is 5.32 Å². The van der Waals surface area contributed by atoms with Crippen molar-refractivity contribution in [2.75, 3.05) is 5.32 Å². The van der Waals surface area contributed by atoms with Gasteiger partial charge in [0.25, 0.3) is 5.91 Å². The molecular weight excluding hydrogens is 276 g/mol. The molecule has 112 valence electrons. The van der Waals surface area contributed by atoms with Gasteiger partial charge in [0.2, 0.25) is 0 Å². The molecule has 0 fully saturated rings. The SMILES string of the molecule is Cc1cccc(C)c1NC(=O)C(C#N)=Cc1c(C)n[nH]c1C. The Kier molecular flexibility index (Phi) is 4.42. The number of nitrogens with zero attached hydrogens (tertiary/aromatic N) is 2. The number of rotatable bonds is 3. The van der Waals surface area contributed by atoms with E-state index in [1.165, 1.54) is 0 Å². The number of amides is 1. The maximum absolute atomic E-state index is 12.4. The molecule has 0 saturated heterocycles. The monoisotopic (exact) mass is 294 g/mol. The Morgan fingerprint density at radius 2 is 1.91 bits per heavy atom. The number of carbonyl (C=O) groups is 1. The molecule has 1 aromatic heterocycles. The van der Waals surface area contributed by atoms with E-state index in [-0.39, 0.29) is 5.57 Å². The Morgan fingerprint density at radius 3 is 2.41 bits per heavy atom. The number of nitriles is 1. The van der Waals surface area contributed by atoms with Crippen molar-refractivity contribution in [2.45, 2.75) is 27.7 Å². The third-order valence-corrected chi connectivity index (χ3v) is 3.56. The van der Waals surface area contributed by atoms with Crippen LogP contribution in [0.3, 0.4) is 0 Å².